The zero-order valence-corrected chi connectivity index (χ0v) is 18.6. The number of halogens is 1. The molecule has 0 spiro atoms. The Kier molecular flexibility index (Phi) is 9.26. The van der Waals surface area contributed by atoms with Gasteiger partial charge in [-0.3, -0.25) is 0 Å². The molecule has 0 bridgehead atoms. The summed E-state index contributed by atoms with van der Waals surface area (Å²) in [6, 6.07) is 9.00. The van der Waals surface area contributed by atoms with Crippen molar-refractivity contribution in [2.24, 2.45) is 0 Å². The van der Waals surface area contributed by atoms with Crippen LogP contribution < -0.4 is 10.0 Å². The first kappa shape index (κ1) is 21.7. The molecule has 0 aromatic heterocycles. The molecule has 0 saturated heterocycles. The van der Waals surface area contributed by atoms with E-state index in [0.717, 1.165) is 23.7 Å². The van der Waals surface area contributed by atoms with E-state index in [0.29, 0.717) is 0 Å². The molecular weight excluding hydrogens is 441 g/mol. The van der Waals surface area contributed by atoms with Crippen molar-refractivity contribution in [3.63, 3.8) is 0 Å². The van der Waals surface area contributed by atoms with Crippen LogP contribution in [0.15, 0.2) is 24.3 Å². The van der Waals surface area contributed by atoms with Gasteiger partial charge in [-0.1, -0.05) is 25.7 Å². The molecule has 0 aliphatic heterocycles. The van der Waals surface area contributed by atoms with Crippen LogP contribution in [-0.4, -0.2) is 17.9 Å². The molecule has 2 fully saturated rings. The monoisotopic (exact) mass is 472 g/mol. The van der Waals surface area contributed by atoms with E-state index >= 15 is 0 Å². The molecule has 1 nitrogen and oxygen atoms in total. The van der Waals surface area contributed by atoms with Gasteiger partial charge in [0.2, 0.25) is 0 Å². The van der Waals surface area contributed by atoms with E-state index in [1.165, 1.54) is 69.5 Å². The number of hydrogen-bond donors (Lipinski definition) is 0. The Balaban J connectivity index is 0.00000225. The molecule has 0 N–H and O–H groups in total. The summed E-state index contributed by atoms with van der Waals surface area (Å²) in [5, 5.41) is 1.53. The van der Waals surface area contributed by atoms with Crippen molar-refractivity contribution in [2.75, 3.05) is 6.61 Å². The fourth-order valence-corrected chi connectivity index (χ4v) is 11.2. The van der Waals surface area contributed by atoms with Crippen molar-refractivity contribution in [1.29, 1.82) is 0 Å². The maximum absolute atomic E-state index is 6.72. The first-order valence-electron chi connectivity index (χ1n) is 9.87. The standard InChI is InChI=1S/C21H32ClOP.Pd/c1-2-23-18-13-15-21(16-14-18)24(17-22,19-9-5-3-6-10-19)20-11-7-4-8-12-20;/h13-17,19-20H,2-12H2,1H3;. The molecule has 2 aliphatic carbocycles. The third-order valence-electron chi connectivity index (χ3n) is 6.11. The molecule has 144 valence electrons. The van der Waals surface area contributed by atoms with Crippen molar-refractivity contribution in [3.05, 3.63) is 29.9 Å². The first-order chi connectivity index (χ1) is 11.8. The van der Waals surface area contributed by atoms with Crippen molar-refractivity contribution < 1.29 is 25.2 Å². The second-order valence-corrected chi connectivity index (χ2v) is 11.9. The Hall–Kier alpha value is 0.402. The smallest absolute Gasteiger partial charge is 0.119 e. The zero-order valence-electron chi connectivity index (χ0n) is 15.4. The van der Waals surface area contributed by atoms with Gasteiger partial charge < -0.3 is 16.3 Å². The maximum Gasteiger partial charge on any atom is 0.119 e. The average Bonchev–Trinajstić information content (AvgIpc) is 2.66. The van der Waals surface area contributed by atoms with Gasteiger partial charge in [0.25, 0.3) is 0 Å². The molecule has 0 unspecified atom stereocenters. The van der Waals surface area contributed by atoms with Crippen molar-refractivity contribution in [3.8, 4) is 5.75 Å². The van der Waals surface area contributed by atoms with Crippen LogP contribution in [0.5, 0.6) is 5.75 Å². The van der Waals surface area contributed by atoms with E-state index in [4.69, 9.17) is 16.3 Å². The number of benzene rings is 1. The van der Waals surface area contributed by atoms with E-state index in [2.05, 4.69) is 29.9 Å². The van der Waals surface area contributed by atoms with E-state index in [1.54, 1.807) is 0 Å². The van der Waals surface area contributed by atoms with Crippen molar-refractivity contribution in [1.82, 2.24) is 0 Å². The predicted octanol–water partition coefficient (Wildman–Crippen LogP) is 6.75. The maximum atomic E-state index is 6.72. The minimum atomic E-state index is -1.43. The fourth-order valence-electron chi connectivity index (χ4n) is 4.92. The van der Waals surface area contributed by atoms with Crippen LogP contribution in [-0.2, 0) is 20.4 Å². The average molecular weight is 473 g/mol. The number of ether oxygens (including phenoxy) is 1. The van der Waals surface area contributed by atoms with Crippen LogP contribution in [0.1, 0.15) is 71.1 Å². The fraction of sp³-hybridized carbons (Fsp3) is 0.667. The zero-order chi connectivity index (χ0) is 16.8. The van der Waals surface area contributed by atoms with Crippen molar-refractivity contribution in [2.45, 2.75) is 82.4 Å². The summed E-state index contributed by atoms with van der Waals surface area (Å²) in [5.41, 5.74) is 3.80. The number of hydrogen-bond acceptors (Lipinski definition) is 1. The quantitative estimate of drug-likeness (QED) is 0.252. The van der Waals surface area contributed by atoms with Gasteiger partial charge in [0.1, 0.15) is 5.75 Å². The van der Waals surface area contributed by atoms with Crippen molar-refractivity contribution >= 4 is 24.2 Å². The molecular formula is C21H32ClOPPd. The van der Waals surface area contributed by atoms with Crippen LogP contribution in [0.2, 0.25) is 0 Å². The van der Waals surface area contributed by atoms with Gasteiger partial charge in [-0.2, -0.15) is 0 Å². The van der Waals surface area contributed by atoms with E-state index in [-0.39, 0.29) is 20.4 Å². The van der Waals surface area contributed by atoms with Gasteiger partial charge in [0.15, 0.2) is 0 Å². The van der Waals surface area contributed by atoms with Gasteiger partial charge >= 0.3 is 0 Å². The molecule has 0 heterocycles. The topological polar surface area (TPSA) is 9.23 Å². The number of rotatable bonds is 6. The first-order valence-corrected chi connectivity index (χ1v) is 12.3. The van der Waals surface area contributed by atoms with Crippen LogP contribution >= 0.6 is 18.9 Å². The summed E-state index contributed by atoms with van der Waals surface area (Å²) in [7, 11) is -1.43. The van der Waals surface area contributed by atoms with Gasteiger partial charge in [-0.25, -0.2) is 0 Å². The Labute approximate surface area is 173 Å². The summed E-state index contributed by atoms with van der Waals surface area (Å²) >= 11 is 6.72. The molecule has 4 heteroatoms. The van der Waals surface area contributed by atoms with Gasteiger partial charge in [0.05, 0.1) is 11.9 Å². The molecule has 1 aromatic rings. The molecule has 3 rings (SSSR count). The second kappa shape index (κ2) is 10.7. The third kappa shape index (κ3) is 4.82. The van der Waals surface area contributed by atoms with Crippen LogP contribution in [0, 0.1) is 5.62 Å². The molecule has 1 aromatic carbocycles. The Morgan fingerprint density at radius 3 is 1.80 bits per heavy atom. The second-order valence-electron chi connectivity index (χ2n) is 7.44. The minimum absolute atomic E-state index is 0. The minimum Gasteiger partial charge on any atom is -0.494 e. The summed E-state index contributed by atoms with van der Waals surface area (Å²) in [4.78, 5) is 0. The molecule has 0 radical (unpaired) electrons. The normalized spacial score (nSPS) is 20.1. The van der Waals surface area contributed by atoms with Crippen LogP contribution in [0.4, 0.5) is 0 Å². The molecule has 0 amide bonds. The molecule has 2 saturated carbocycles. The van der Waals surface area contributed by atoms with E-state index in [1.807, 2.05) is 6.92 Å². The summed E-state index contributed by atoms with van der Waals surface area (Å²) in [5.74, 6) is 0.987. The molecule has 2 aliphatic rings. The molecule has 25 heavy (non-hydrogen) atoms. The third-order valence-corrected chi connectivity index (χ3v) is 12.0. The predicted molar refractivity (Wildman–Crippen MR) is 108 cm³/mol. The van der Waals surface area contributed by atoms with Gasteiger partial charge in [0, 0.05) is 31.7 Å². The van der Waals surface area contributed by atoms with Gasteiger partial charge in [-0.05, 0) is 82.6 Å². The Morgan fingerprint density at radius 1 is 0.920 bits per heavy atom. The Bertz CT molecular complexity index is 477. The largest absolute Gasteiger partial charge is 0.494 e. The Morgan fingerprint density at radius 2 is 1.40 bits per heavy atom. The van der Waals surface area contributed by atoms with E-state index < -0.39 is 7.26 Å². The summed E-state index contributed by atoms with van der Waals surface area (Å²) < 4.78 is 5.67. The van der Waals surface area contributed by atoms with Gasteiger partial charge in [-0.15, -0.1) is 0 Å². The van der Waals surface area contributed by atoms with Crippen LogP contribution in [0.3, 0.4) is 0 Å². The summed E-state index contributed by atoms with van der Waals surface area (Å²) in [6.07, 6.45) is 13.9. The SMILES string of the molecule is CCOc1ccc([P+]([CH-]Cl)(C2CCCCC2)C2CCCCC2)cc1.[Pd]. The van der Waals surface area contributed by atoms with Crippen LogP contribution in [0.25, 0.3) is 0 Å². The van der Waals surface area contributed by atoms with E-state index in [9.17, 15) is 0 Å². The molecule has 0 atom stereocenters. The summed E-state index contributed by atoms with van der Waals surface area (Å²) in [6.45, 7) is 2.77.